The number of fused-ring (bicyclic) bond motifs is 1. The van der Waals surface area contributed by atoms with Gasteiger partial charge in [0.25, 0.3) is 5.91 Å². The summed E-state index contributed by atoms with van der Waals surface area (Å²) >= 11 is 0. The quantitative estimate of drug-likeness (QED) is 0.718. The summed E-state index contributed by atoms with van der Waals surface area (Å²) in [5, 5.41) is 16.8. The van der Waals surface area contributed by atoms with Gasteiger partial charge in [-0.2, -0.15) is 5.26 Å². The molecule has 0 aliphatic carbocycles. The molecule has 134 valence electrons. The third-order valence-corrected chi connectivity index (χ3v) is 4.09. The number of allylic oxidation sites excluding steroid dienone is 1. The van der Waals surface area contributed by atoms with Crippen molar-refractivity contribution in [2.24, 2.45) is 11.5 Å². The Hall–Kier alpha value is -3.47. The number of benzene rings is 1. The van der Waals surface area contributed by atoms with E-state index in [-0.39, 0.29) is 12.5 Å². The lowest BCUT2D eigenvalue weighted by Crippen LogP contribution is -2.22. The second kappa shape index (κ2) is 7.19. The predicted molar refractivity (Wildman–Crippen MR) is 93.0 cm³/mol. The molecule has 1 aromatic heterocycles. The van der Waals surface area contributed by atoms with Crippen LogP contribution in [0.2, 0.25) is 0 Å². The fraction of sp³-hybridized carbons (Fsp3) is 0.278. The second-order valence-corrected chi connectivity index (χ2v) is 5.92. The highest BCUT2D eigenvalue weighted by Crippen LogP contribution is 2.43. The zero-order chi connectivity index (χ0) is 18.7. The molecule has 0 saturated carbocycles. The number of rotatable bonds is 6. The highest BCUT2D eigenvalue weighted by atomic mass is 16.5. The average molecular weight is 353 g/mol. The summed E-state index contributed by atoms with van der Waals surface area (Å²) in [6.45, 7) is 1.83. The number of primary amides is 1. The maximum absolute atomic E-state index is 10.9. The van der Waals surface area contributed by atoms with Crippen molar-refractivity contribution in [3.63, 3.8) is 0 Å². The van der Waals surface area contributed by atoms with Crippen LogP contribution in [0.25, 0.3) is 0 Å². The van der Waals surface area contributed by atoms with Crippen molar-refractivity contribution >= 4 is 5.91 Å². The first kappa shape index (κ1) is 17.4. The van der Waals surface area contributed by atoms with Gasteiger partial charge in [0.15, 0.2) is 6.61 Å². The molecule has 2 aromatic rings. The Balaban J connectivity index is 2.08. The molecule has 8 nitrogen and oxygen atoms in total. The number of hydrogen-bond acceptors (Lipinski definition) is 6. The molecule has 1 unspecified atom stereocenters. The molecular formula is C18H19N5O3. The van der Waals surface area contributed by atoms with Crippen LogP contribution in [-0.4, -0.2) is 22.7 Å². The van der Waals surface area contributed by atoms with Crippen LogP contribution in [0.5, 0.6) is 11.6 Å². The second-order valence-electron chi connectivity index (χ2n) is 5.92. The Morgan fingerprint density at radius 2 is 2.31 bits per heavy atom. The number of H-pyrrole nitrogens is 1. The van der Waals surface area contributed by atoms with Crippen molar-refractivity contribution in [3.05, 3.63) is 52.5 Å². The lowest BCUT2D eigenvalue weighted by molar-refractivity contribution is -0.119. The molecule has 1 aliphatic heterocycles. The standard InChI is InChI=1S/C18H19N5O3/c1-2-4-13-16-15(12(8-19)17(21)26-18(16)23-22-13)10-5-3-6-11(7-10)25-9-14(20)24/h3,5-7,15H,2,4,9,21H2,1H3,(H2,20,24)(H,22,23). The summed E-state index contributed by atoms with van der Waals surface area (Å²) in [7, 11) is 0. The van der Waals surface area contributed by atoms with Crippen molar-refractivity contribution in [2.75, 3.05) is 6.61 Å². The van der Waals surface area contributed by atoms with Crippen LogP contribution in [0.4, 0.5) is 0 Å². The molecule has 1 aliphatic rings. The van der Waals surface area contributed by atoms with E-state index in [1.807, 2.05) is 6.07 Å². The minimum atomic E-state index is -0.564. The summed E-state index contributed by atoms with van der Waals surface area (Å²) in [6, 6.07) is 9.27. The number of aryl methyl sites for hydroxylation is 1. The molecular weight excluding hydrogens is 334 g/mol. The van der Waals surface area contributed by atoms with Gasteiger partial charge in [-0.25, -0.2) is 0 Å². The van der Waals surface area contributed by atoms with Crippen LogP contribution < -0.4 is 20.9 Å². The van der Waals surface area contributed by atoms with E-state index >= 15 is 0 Å². The summed E-state index contributed by atoms with van der Waals surface area (Å²) in [5.74, 6) is -0.112. The smallest absolute Gasteiger partial charge is 0.255 e. The van der Waals surface area contributed by atoms with E-state index in [1.54, 1.807) is 18.2 Å². The zero-order valence-corrected chi connectivity index (χ0v) is 14.3. The van der Waals surface area contributed by atoms with E-state index in [2.05, 4.69) is 23.2 Å². The van der Waals surface area contributed by atoms with Gasteiger partial charge in [0.1, 0.15) is 17.4 Å². The summed E-state index contributed by atoms with van der Waals surface area (Å²) in [5.41, 5.74) is 13.9. The van der Waals surface area contributed by atoms with E-state index in [0.717, 1.165) is 29.7 Å². The number of hydrogen-bond donors (Lipinski definition) is 3. The molecule has 0 bridgehead atoms. The number of nitrogens with two attached hydrogens (primary N) is 2. The minimum absolute atomic E-state index is 0.0306. The van der Waals surface area contributed by atoms with Gasteiger partial charge in [0.05, 0.1) is 5.92 Å². The first-order valence-electron chi connectivity index (χ1n) is 8.20. The first-order valence-corrected chi connectivity index (χ1v) is 8.20. The summed E-state index contributed by atoms with van der Waals surface area (Å²) < 4.78 is 10.9. The van der Waals surface area contributed by atoms with Gasteiger partial charge in [-0.15, -0.1) is 5.10 Å². The Kier molecular flexibility index (Phi) is 4.80. The Morgan fingerprint density at radius 1 is 1.50 bits per heavy atom. The third-order valence-electron chi connectivity index (χ3n) is 4.09. The number of carbonyl (C=O) groups excluding carboxylic acids is 1. The van der Waals surface area contributed by atoms with Crippen LogP contribution in [0.1, 0.15) is 36.1 Å². The molecule has 1 amide bonds. The largest absolute Gasteiger partial charge is 0.484 e. The van der Waals surface area contributed by atoms with Crippen molar-refractivity contribution in [3.8, 4) is 17.7 Å². The van der Waals surface area contributed by atoms with Gasteiger partial charge in [0.2, 0.25) is 11.8 Å². The van der Waals surface area contributed by atoms with Crippen molar-refractivity contribution in [2.45, 2.75) is 25.7 Å². The molecule has 8 heteroatoms. The van der Waals surface area contributed by atoms with E-state index in [4.69, 9.17) is 20.9 Å². The number of ether oxygens (including phenoxy) is 2. The number of nitrogens with one attached hydrogen (secondary N) is 1. The Labute approximate surface area is 150 Å². The van der Waals surface area contributed by atoms with E-state index in [0.29, 0.717) is 17.2 Å². The lowest BCUT2D eigenvalue weighted by atomic mass is 9.83. The highest BCUT2D eigenvalue weighted by molar-refractivity contribution is 5.75. The molecule has 3 rings (SSSR count). The van der Waals surface area contributed by atoms with Gasteiger partial charge in [0, 0.05) is 11.3 Å². The van der Waals surface area contributed by atoms with Gasteiger partial charge in [-0.3, -0.25) is 9.89 Å². The molecule has 0 saturated heterocycles. The first-order chi connectivity index (χ1) is 12.5. The van der Waals surface area contributed by atoms with Crippen molar-refractivity contribution < 1.29 is 14.3 Å². The number of amides is 1. The van der Waals surface area contributed by atoms with E-state index < -0.39 is 11.8 Å². The third kappa shape index (κ3) is 3.19. The maximum Gasteiger partial charge on any atom is 0.255 e. The van der Waals surface area contributed by atoms with Gasteiger partial charge < -0.3 is 20.9 Å². The molecule has 26 heavy (non-hydrogen) atoms. The monoisotopic (exact) mass is 353 g/mol. The van der Waals surface area contributed by atoms with Crippen LogP contribution in [-0.2, 0) is 11.2 Å². The van der Waals surface area contributed by atoms with Crippen LogP contribution >= 0.6 is 0 Å². The van der Waals surface area contributed by atoms with Crippen LogP contribution in [0.3, 0.4) is 0 Å². The number of aromatic amines is 1. The fourth-order valence-corrected chi connectivity index (χ4v) is 3.02. The molecule has 0 spiro atoms. The van der Waals surface area contributed by atoms with Gasteiger partial charge in [-0.05, 0) is 24.1 Å². The van der Waals surface area contributed by atoms with Crippen molar-refractivity contribution in [1.82, 2.24) is 10.2 Å². The molecule has 0 fully saturated rings. The van der Waals surface area contributed by atoms with Crippen molar-refractivity contribution in [1.29, 1.82) is 5.26 Å². The Morgan fingerprint density at radius 3 is 3.00 bits per heavy atom. The predicted octanol–water partition coefficient (Wildman–Crippen LogP) is 1.44. The number of aromatic nitrogens is 2. The topological polar surface area (TPSA) is 140 Å². The van der Waals surface area contributed by atoms with Crippen LogP contribution in [0, 0.1) is 11.3 Å². The number of carbonyl (C=O) groups is 1. The van der Waals surface area contributed by atoms with E-state index in [9.17, 15) is 10.1 Å². The molecule has 5 N–H and O–H groups in total. The van der Waals surface area contributed by atoms with Gasteiger partial charge >= 0.3 is 0 Å². The Bertz CT molecular complexity index is 910. The fourth-order valence-electron chi connectivity index (χ4n) is 3.02. The number of nitrogens with zero attached hydrogens (tertiary/aromatic N) is 2. The molecule has 2 heterocycles. The van der Waals surface area contributed by atoms with Gasteiger partial charge in [-0.1, -0.05) is 25.5 Å². The molecule has 0 radical (unpaired) electrons. The summed E-state index contributed by atoms with van der Waals surface area (Å²) in [6.07, 6.45) is 1.67. The maximum atomic E-state index is 10.9. The molecule has 1 aromatic carbocycles. The zero-order valence-electron chi connectivity index (χ0n) is 14.3. The summed E-state index contributed by atoms with van der Waals surface area (Å²) in [4.78, 5) is 10.9. The van der Waals surface area contributed by atoms with Crippen LogP contribution in [0.15, 0.2) is 35.7 Å². The SMILES string of the molecule is CCCc1[nH]nc2c1C(c1cccc(OCC(N)=O)c1)C(C#N)=C(N)O2. The van der Waals surface area contributed by atoms with E-state index in [1.165, 1.54) is 0 Å². The average Bonchev–Trinajstić information content (AvgIpc) is 3.01. The highest BCUT2D eigenvalue weighted by Gasteiger charge is 2.35. The lowest BCUT2D eigenvalue weighted by Gasteiger charge is -2.24. The number of nitriles is 1. The molecule has 1 atom stereocenters. The minimum Gasteiger partial charge on any atom is -0.484 e. The normalized spacial score (nSPS) is 15.8.